The molecule has 0 fully saturated rings. The summed E-state index contributed by atoms with van der Waals surface area (Å²) in [6.07, 6.45) is -0.0846. The molecule has 1 aliphatic rings. The van der Waals surface area contributed by atoms with Gasteiger partial charge in [0.2, 0.25) is 0 Å². The molecule has 150 valence electrons. The Hall–Kier alpha value is -3.31. The van der Waals surface area contributed by atoms with E-state index in [1.807, 2.05) is 80.6 Å². The molecule has 0 aliphatic carbocycles. The number of ether oxygens (including phenoxy) is 1. The van der Waals surface area contributed by atoms with Crippen LogP contribution in [0.1, 0.15) is 19.4 Å². The zero-order chi connectivity index (χ0) is 21.1. The van der Waals surface area contributed by atoms with Crippen molar-refractivity contribution in [2.45, 2.75) is 24.8 Å². The van der Waals surface area contributed by atoms with Gasteiger partial charge in [-0.2, -0.15) is 0 Å². The third-order valence-corrected chi connectivity index (χ3v) is 5.63. The van der Waals surface area contributed by atoms with Crippen LogP contribution in [0, 0.1) is 0 Å². The fourth-order valence-corrected chi connectivity index (χ4v) is 4.30. The molecule has 0 atom stereocenters. The number of amides is 2. The SMILES string of the molecule is CC(C)Oc1ccccc1N1C(=O)C(Sc2ccccc2)=C(c2ccccc2)C1=O. The molecule has 0 aromatic heterocycles. The molecule has 0 N–H and O–H groups in total. The highest BCUT2D eigenvalue weighted by Gasteiger charge is 2.41. The smallest absolute Gasteiger partial charge is 0.273 e. The van der Waals surface area contributed by atoms with Crippen LogP contribution in [-0.2, 0) is 9.59 Å². The molecule has 0 radical (unpaired) electrons. The Morgan fingerprint density at radius 3 is 2.03 bits per heavy atom. The van der Waals surface area contributed by atoms with Gasteiger partial charge in [-0.1, -0.05) is 72.4 Å². The Bertz CT molecular complexity index is 1110. The van der Waals surface area contributed by atoms with E-state index in [-0.39, 0.29) is 17.9 Å². The third-order valence-electron chi connectivity index (χ3n) is 4.54. The fourth-order valence-electron chi connectivity index (χ4n) is 3.28. The maximum absolute atomic E-state index is 13.5. The second-order valence-corrected chi connectivity index (χ2v) is 8.15. The molecule has 3 aromatic rings. The van der Waals surface area contributed by atoms with Crippen molar-refractivity contribution in [1.29, 1.82) is 0 Å². The molecule has 1 heterocycles. The summed E-state index contributed by atoms with van der Waals surface area (Å²) < 4.78 is 5.88. The quantitative estimate of drug-likeness (QED) is 0.495. The predicted octanol–water partition coefficient (Wildman–Crippen LogP) is 5.55. The van der Waals surface area contributed by atoms with Crippen molar-refractivity contribution in [3.05, 3.63) is 95.4 Å². The molecule has 2 amide bonds. The first kappa shape index (κ1) is 20.0. The molecule has 0 spiro atoms. The number of carbonyl (C=O) groups excluding carboxylic acids is 2. The average Bonchev–Trinajstić information content (AvgIpc) is 2.99. The number of imide groups is 1. The van der Waals surface area contributed by atoms with Gasteiger partial charge >= 0.3 is 0 Å². The lowest BCUT2D eigenvalue weighted by molar-refractivity contribution is -0.119. The first-order valence-electron chi connectivity index (χ1n) is 9.73. The topological polar surface area (TPSA) is 46.6 Å². The second-order valence-electron chi connectivity index (χ2n) is 7.07. The molecule has 4 rings (SSSR count). The van der Waals surface area contributed by atoms with Crippen LogP contribution in [0.4, 0.5) is 5.69 Å². The van der Waals surface area contributed by atoms with Crippen LogP contribution in [-0.4, -0.2) is 17.9 Å². The van der Waals surface area contributed by atoms with Gasteiger partial charge in [0, 0.05) is 4.90 Å². The highest BCUT2D eigenvalue weighted by Crippen LogP contribution is 2.43. The van der Waals surface area contributed by atoms with Gasteiger partial charge in [0.1, 0.15) is 5.75 Å². The molecule has 0 saturated heterocycles. The summed E-state index contributed by atoms with van der Waals surface area (Å²) in [5, 5.41) is 0. The Kier molecular flexibility index (Phi) is 5.72. The molecule has 0 saturated carbocycles. The van der Waals surface area contributed by atoms with Crippen molar-refractivity contribution in [3.63, 3.8) is 0 Å². The van der Waals surface area contributed by atoms with Crippen molar-refractivity contribution < 1.29 is 14.3 Å². The summed E-state index contributed by atoms with van der Waals surface area (Å²) in [4.78, 5) is 29.6. The summed E-state index contributed by atoms with van der Waals surface area (Å²) >= 11 is 1.31. The van der Waals surface area contributed by atoms with Gasteiger partial charge in [-0.15, -0.1) is 0 Å². The van der Waals surface area contributed by atoms with Crippen molar-refractivity contribution in [2.75, 3.05) is 4.90 Å². The number of para-hydroxylation sites is 2. The summed E-state index contributed by atoms with van der Waals surface area (Å²) in [6.45, 7) is 3.82. The zero-order valence-electron chi connectivity index (χ0n) is 16.7. The van der Waals surface area contributed by atoms with E-state index in [2.05, 4.69) is 0 Å². The largest absolute Gasteiger partial charge is 0.489 e. The lowest BCUT2D eigenvalue weighted by Crippen LogP contribution is -2.32. The van der Waals surface area contributed by atoms with Gasteiger partial charge in [0.15, 0.2) is 0 Å². The number of thioether (sulfide) groups is 1. The predicted molar refractivity (Wildman–Crippen MR) is 120 cm³/mol. The summed E-state index contributed by atoms with van der Waals surface area (Å²) in [7, 11) is 0. The first-order valence-corrected chi connectivity index (χ1v) is 10.5. The van der Waals surface area contributed by atoms with E-state index >= 15 is 0 Å². The molecule has 4 nitrogen and oxygen atoms in total. The van der Waals surface area contributed by atoms with E-state index in [0.717, 1.165) is 10.5 Å². The third kappa shape index (κ3) is 3.89. The minimum atomic E-state index is -0.343. The summed E-state index contributed by atoms with van der Waals surface area (Å²) in [6, 6.07) is 26.1. The van der Waals surface area contributed by atoms with E-state index in [1.165, 1.54) is 16.7 Å². The summed E-state index contributed by atoms with van der Waals surface area (Å²) in [5.41, 5.74) is 1.59. The number of anilines is 1. The lowest BCUT2D eigenvalue weighted by Gasteiger charge is -2.20. The Morgan fingerprint density at radius 2 is 1.37 bits per heavy atom. The van der Waals surface area contributed by atoms with Crippen LogP contribution in [0.3, 0.4) is 0 Å². The molecule has 0 unspecified atom stereocenters. The second kappa shape index (κ2) is 8.59. The maximum atomic E-state index is 13.5. The van der Waals surface area contributed by atoms with Crippen molar-refractivity contribution >= 4 is 34.8 Å². The normalized spacial score (nSPS) is 14.0. The molecule has 3 aromatic carbocycles. The minimum absolute atomic E-state index is 0.0846. The highest BCUT2D eigenvalue weighted by molar-refractivity contribution is 8.04. The van der Waals surface area contributed by atoms with Gasteiger partial charge in [0.25, 0.3) is 11.8 Å². The van der Waals surface area contributed by atoms with Gasteiger partial charge < -0.3 is 4.74 Å². The number of hydrogen-bond acceptors (Lipinski definition) is 4. The van der Waals surface area contributed by atoms with E-state index in [0.29, 0.717) is 21.9 Å². The van der Waals surface area contributed by atoms with Crippen LogP contribution in [0.2, 0.25) is 0 Å². The number of rotatable bonds is 6. The standard InChI is InChI=1S/C25H21NO3S/c1-17(2)29-21-16-10-9-15-20(21)26-24(27)22(18-11-5-3-6-12-18)23(25(26)28)30-19-13-7-4-8-14-19/h3-17H,1-2H3. The number of carbonyl (C=O) groups is 2. The Morgan fingerprint density at radius 1 is 0.767 bits per heavy atom. The lowest BCUT2D eigenvalue weighted by atomic mass is 10.1. The Balaban J connectivity index is 1.81. The van der Waals surface area contributed by atoms with Gasteiger partial charge in [0.05, 0.1) is 22.3 Å². The molecule has 30 heavy (non-hydrogen) atoms. The van der Waals surface area contributed by atoms with E-state index in [9.17, 15) is 9.59 Å². The molecule has 5 heteroatoms. The van der Waals surface area contributed by atoms with E-state index in [4.69, 9.17) is 4.74 Å². The van der Waals surface area contributed by atoms with Crippen molar-refractivity contribution in [3.8, 4) is 5.75 Å². The zero-order valence-corrected chi connectivity index (χ0v) is 17.6. The van der Waals surface area contributed by atoms with Crippen LogP contribution in [0.5, 0.6) is 5.75 Å². The van der Waals surface area contributed by atoms with Gasteiger partial charge in [-0.25, -0.2) is 4.90 Å². The number of hydrogen-bond donors (Lipinski definition) is 0. The van der Waals surface area contributed by atoms with Crippen LogP contribution in [0.25, 0.3) is 5.57 Å². The minimum Gasteiger partial charge on any atom is -0.489 e. The molecular weight excluding hydrogens is 394 g/mol. The van der Waals surface area contributed by atoms with Gasteiger partial charge in [-0.3, -0.25) is 9.59 Å². The van der Waals surface area contributed by atoms with Gasteiger partial charge in [-0.05, 0) is 43.7 Å². The fraction of sp³-hybridized carbons (Fsp3) is 0.120. The molecule has 0 bridgehead atoms. The maximum Gasteiger partial charge on any atom is 0.273 e. The summed E-state index contributed by atoms with van der Waals surface area (Å²) in [5.74, 6) is -0.176. The molecular formula is C25H21NO3S. The van der Waals surface area contributed by atoms with Crippen LogP contribution >= 0.6 is 11.8 Å². The average molecular weight is 416 g/mol. The highest BCUT2D eigenvalue weighted by atomic mass is 32.2. The number of nitrogens with zero attached hydrogens (tertiary/aromatic N) is 1. The van der Waals surface area contributed by atoms with Crippen molar-refractivity contribution in [1.82, 2.24) is 0 Å². The van der Waals surface area contributed by atoms with Crippen LogP contribution < -0.4 is 9.64 Å². The van der Waals surface area contributed by atoms with E-state index < -0.39 is 0 Å². The monoisotopic (exact) mass is 415 g/mol. The first-order chi connectivity index (χ1) is 14.6. The Labute approximate surface area is 180 Å². The van der Waals surface area contributed by atoms with Crippen molar-refractivity contribution in [2.24, 2.45) is 0 Å². The van der Waals surface area contributed by atoms with Crippen LogP contribution in [0.15, 0.2) is 94.7 Å². The number of benzene rings is 3. The van der Waals surface area contributed by atoms with E-state index in [1.54, 1.807) is 18.2 Å². The molecule has 1 aliphatic heterocycles.